The normalized spacial score (nSPS) is 11.4. The minimum Gasteiger partial charge on any atom is -0.306 e. The number of nitrogens with one attached hydrogen (secondary N) is 1. The van der Waals surface area contributed by atoms with Crippen molar-refractivity contribution in [2.45, 2.75) is 26.2 Å². The number of hydrogen-bond acceptors (Lipinski definition) is 5. The first-order chi connectivity index (χ1) is 12.6. The van der Waals surface area contributed by atoms with Crippen molar-refractivity contribution in [2.75, 3.05) is 25.5 Å². The fourth-order valence-corrected chi connectivity index (χ4v) is 3.53. The topological polar surface area (TPSA) is 62.5 Å². The van der Waals surface area contributed by atoms with Crippen molar-refractivity contribution in [3.8, 4) is 11.3 Å². The molecule has 0 saturated carbocycles. The Balaban J connectivity index is 1.64. The summed E-state index contributed by atoms with van der Waals surface area (Å²) in [7, 11) is 2.03. The summed E-state index contributed by atoms with van der Waals surface area (Å²) >= 11 is 7.43. The third kappa shape index (κ3) is 4.60. The van der Waals surface area contributed by atoms with Gasteiger partial charge in [0.1, 0.15) is 0 Å². The number of halogens is 1. The zero-order valence-electron chi connectivity index (χ0n) is 14.9. The zero-order chi connectivity index (χ0) is 18.5. The van der Waals surface area contributed by atoms with Gasteiger partial charge in [0, 0.05) is 28.9 Å². The Labute approximate surface area is 161 Å². The summed E-state index contributed by atoms with van der Waals surface area (Å²) in [5.41, 5.74) is 1.93. The van der Waals surface area contributed by atoms with Crippen molar-refractivity contribution < 1.29 is 4.79 Å². The first kappa shape index (κ1) is 18.8. The van der Waals surface area contributed by atoms with E-state index in [0.29, 0.717) is 17.4 Å². The third-order valence-corrected chi connectivity index (χ3v) is 5.15. The lowest BCUT2D eigenvalue weighted by molar-refractivity contribution is -0.116. The Kier molecular flexibility index (Phi) is 6.24. The number of carbonyl (C=O) groups excluding carboxylic acids is 1. The van der Waals surface area contributed by atoms with Crippen LogP contribution in [0.25, 0.3) is 16.2 Å². The number of anilines is 1. The molecule has 0 aliphatic carbocycles. The van der Waals surface area contributed by atoms with E-state index in [9.17, 15) is 4.79 Å². The average Bonchev–Trinajstić information content (AvgIpc) is 3.19. The maximum Gasteiger partial charge on any atom is 0.250 e. The van der Waals surface area contributed by atoms with Gasteiger partial charge in [-0.2, -0.15) is 4.98 Å². The van der Waals surface area contributed by atoms with E-state index in [0.717, 1.165) is 42.1 Å². The van der Waals surface area contributed by atoms with Gasteiger partial charge in [0.05, 0.1) is 5.69 Å². The highest BCUT2D eigenvalue weighted by molar-refractivity contribution is 7.15. The quantitative estimate of drug-likeness (QED) is 0.625. The lowest BCUT2D eigenvalue weighted by Crippen LogP contribution is -2.25. The number of amides is 1. The summed E-state index contributed by atoms with van der Waals surface area (Å²) < 4.78 is 1.75. The van der Waals surface area contributed by atoms with Crippen LogP contribution in [0.4, 0.5) is 5.95 Å². The van der Waals surface area contributed by atoms with Crippen molar-refractivity contribution in [3.63, 3.8) is 0 Å². The van der Waals surface area contributed by atoms with E-state index in [1.165, 1.54) is 11.3 Å². The molecule has 1 N–H and O–H groups in total. The lowest BCUT2D eigenvalue weighted by Gasteiger charge is -2.15. The van der Waals surface area contributed by atoms with E-state index in [4.69, 9.17) is 11.6 Å². The van der Waals surface area contributed by atoms with Crippen LogP contribution in [0.2, 0.25) is 5.02 Å². The van der Waals surface area contributed by atoms with Gasteiger partial charge < -0.3 is 4.90 Å². The van der Waals surface area contributed by atoms with Gasteiger partial charge in [0.15, 0.2) is 0 Å². The number of benzene rings is 1. The van der Waals surface area contributed by atoms with E-state index in [1.54, 1.807) is 4.52 Å². The van der Waals surface area contributed by atoms with Crippen molar-refractivity contribution in [2.24, 2.45) is 0 Å². The molecule has 26 heavy (non-hydrogen) atoms. The molecule has 2 aromatic heterocycles. The monoisotopic (exact) mass is 391 g/mol. The summed E-state index contributed by atoms with van der Waals surface area (Å²) in [4.78, 5) is 19.4. The molecule has 138 valence electrons. The number of hydrogen-bond donors (Lipinski definition) is 1. The lowest BCUT2D eigenvalue weighted by atomic mass is 10.2. The molecule has 8 heteroatoms. The van der Waals surface area contributed by atoms with Crippen LogP contribution in [-0.4, -0.2) is 45.5 Å². The van der Waals surface area contributed by atoms with E-state index in [1.807, 2.05) is 36.7 Å². The van der Waals surface area contributed by atoms with E-state index in [2.05, 4.69) is 27.2 Å². The molecule has 6 nitrogen and oxygen atoms in total. The molecule has 3 aromatic rings. The molecular formula is C18H22ClN5OS. The second kappa shape index (κ2) is 8.62. The fraction of sp³-hybridized carbons (Fsp3) is 0.389. The van der Waals surface area contributed by atoms with Crippen LogP contribution in [-0.2, 0) is 4.79 Å². The second-order valence-electron chi connectivity index (χ2n) is 6.21. The number of fused-ring (bicyclic) bond motifs is 1. The van der Waals surface area contributed by atoms with Gasteiger partial charge in [-0.25, -0.2) is 4.52 Å². The maximum absolute atomic E-state index is 12.1. The minimum atomic E-state index is -0.0698. The van der Waals surface area contributed by atoms with E-state index >= 15 is 0 Å². The number of rotatable bonds is 8. The first-order valence-corrected chi connectivity index (χ1v) is 9.91. The summed E-state index contributed by atoms with van der Waals surface area (Å²) in [5, 5.41) is 9.90. The number of carbonyl (C=O) groups is 1. The van der Waals surface area contributed by atoms with Crippen LogP contribution in [0.5, 0.6) is 0 Å². The number of nitrogens with zero attached hydrogens (tertiary/aromatic N) is 4. The Hall–Kier alpha value is -1.96. The average molecular weight is 392 g/mol. The number of unbranched alkanes of at least 4 members (excludes halogenated alkanes) is 1. The van der Waals surface area contributed by atoms with Gasteiger partial charge in [-0.3, -0.25) is 10.1 Å². The Morgan fingerprint density at radius 2 is 2.08 bits per heavy atom. The predicted molar refractivity (Wildman–Crippen MR) is 107 cm³/mol. The third-order valence-electron chi connectivity index (χ3n) is 4.09. The highest BCUT2D eigenvalue weighted by Gasteiger charge is 2.13. The van der Waals surface area contributed by atoms with Crippen molar-refractivity contribution in [3.05, 3.63) is 34.7 Å². The van der Waals surface area contributed by atoms with Crippen LogP contribution in [0, 0.1) is 0 Å². The Morgan fingerprint density at radius 3 is 2.81 bits per heavy atom. The van der Waals surface area contributed by atoms with Crippen LogP contribution < -0.4 is 5.32 Å². The van der Waals surface area contributed by atoms with Crippen molar-refractivity contribution in [1.29, 1.82) is 0 Å². The van der Waals surface area contributed by atoms with Crippen molar-refractivity contribution >= 4 is 39.8 Å². The van der Waals surface area contributed by atoms with Crippen LogP contribution in [0.1, 0.15) is 26.2 Å². The largest absolute Gasteiger partial charge is 0.306 e. The molecule has 1 amide bonds. The molecule has 0 bridgehead atoms. The molecule has 1 aromatic carbocycles. The molecule has 0 radical (unpaired) electrons. The summed E-state index contributed by atoms with van der Waals surface area (Å²) in [6.45, 7) is 3.89. The minimum absolute atomic E-state index is 0.0698. The zero-order valence-corrected chi connectivity index (χ0v) is 16.5. The highest BCUT2D eigenvalue weighted by atomic mass is 35.5. The SMILES string of the molecule is CCCCN(C)CCC(=O)Nc1nc2scc(-c3ccc(Cl)cc3)n2n1. The molecule has 0 aliphatic heterocycles. The smallest absolute Gasteiger partial charge is 0.250 e. The molecular weight excluding hydrogens is 370 g/mol. The predicted octanol–water partition coefficient (Wildman–Crippen LogP) is 4.17. The molecule has 0 aliphatic rings. The highest BCUT2D eigenvalue weighted by Crippen LogP contribution is 2.26. The van der Waals surface area contributed by atoms with Gasteiger partial charge in [0.2, 0.25) is 16.8 Å². The molecule has 0 atom stereocenters. The fourth-order valence-electron chi connectivity index (χ4n) is 2.57. The number of thiazole rings is 1. The summed E-state index contributed by atoms with van der Waals surface area (Å²) in [6.07, 6.45) is 2.73. The molecule has 3 rings (SSSR count). The molecule has 0 fully saturated rings. The van der Waals surface area contributed by atoms with Crippen LogP contribution in [0.15, 0.2) is 29.6 Å². The van der Waals surface area contributed by atoms with Crippen LogP contribution >= 0.6 is 22.9 Å². The summed E-state index contributed by atoms with van der Waals surface area (Å²) in [6, 6.07) is 7.57. The first-order valence-electron chi connectivity index (χ1n) is 8.65. The van der Waals surface area contributed by atoms with Gasteiger partial charge in [0.25, 0.3) is 0 Å². The molecule has 0 unspecified atom stereocenters. The molecule has 2 heterocycles. The maximum atomic E-state index is 12.1. The molecule has 0 spiro atoms. The number of aromatic nitrogens is 3. The standard InChI is InChI=1S/C18H22ClN5OS/c1-3-4-10-23(2)11-9-16(25)20-17-21-18-24(22-17)15(12-26-18)13-5-7-14(19)8-6-13/h5-8,12H,3-4,9-11H2,1-2H3,(H,20,22,25). The Morgan fingerprint density at radius 1 is 1.31 bits per heavy atom. The van der Waals surface area contributed by atoms with Crippen LogP contribution in [0.3, 0.4) is 0 Å². The second-order valence-corrected chi connectivity index (χ2v) is 7.49. The van der Waals surface area contributed by atoms with E-state index in [-0.39, 0.29) is 5.91 Å². The van der Waals surface area contributed by atoms with Gasteiger partial charge in [-0.1, -0.05) is 37.1 Å². The van der Waals surface area contributed by atoms with Crippen molar-refractivity contribution in [1.82, 2.24) is 19.5 Å². The van der Waals surface area contributed by atoms with Gasteiger partial charge in [-0.05, 0) is 32.1 Å². The molecule has 0 saturated heterocycles. The van der Waals surface area contributed by atoms with Gasteiger partial charge >= 0.3 is 0 Å². The van der Waals surface area contributed by atoms with Gasteiger partial charge in [-0.15, -0.1) is 16.4 Å². The van der Waals surface area contributed by atoms with E-state index < -0.39 is 0 Å². The summed E-state index contributed by atoms with van der Waals surface area (Å²) in [5.74, 6) is 0.271. The Bertz CT molecular complexity index is 873.